The molecule has 2 aromatic carbocycles. The number of aryl methyl sites for hydroxylation is 2. The molecule has 4 heteroatoms. The third kappa shape index (κ3) is 4.69. The summed E-state index contributed by atoms with van der Waals surface area (Å²) in [6, 6.07) is 14.7. The van der Waals surface area contributed by atoms with Crippen molar-refractivity contribution >= 4 is 17.3 Å². The number of hydrogen-bond acceptors (Lipinski definition) is 3. The van der Waals surface area contributed by atoms with E-state index in [0.717, 1.165) is 37.4 Å². The SMILES string of the molecule is Cc1ccccc1N1CCN(CC(=O)Nc2c(C)cccc2C(C)C)CC1. The van der Waals surface area contributed by atoms with E-state index in [-0.39, 0.29) is 5.91 Å². The highest BCUT2D eigenvalue weighted by molar-refractivity contribution is 5.94. The van der Waals surface area contributed by atoms with Gasteiger partial charge in [-0.15, -0.1) is 0 Å². The second kappa shape index (κ2) is 8.57. The van der Waals surface area contributed by atoms with Gasteiger partial charge in [0.05, 0.1) is 6.54 Å². The van der Waals surface area contributed by atoms with Crippen LogP contribution in [0.3, 0.4) is 0 Å². The number of benzene rings is 2. The third-order valence-electron chi connectivity index (χ3n) is 5.39. The Morgan fingerprint density at radius 1 is 0.963 bits per heavy atom. The quantitative estimate of drug-likeness (QED) is 0.863. The number of carbonyl (C=O) groups excluding carboxylic acids is 1. The fourth-order valence-corrected chi connectivity index (χ4v) is 3.79. The molecule has 0 spiro atoms. The van der Waals surface area contributed by atoms with Crippen molar-refractivity contribution in [2.45, 2.75) is 33.6 Å². The molecular formula is C23H31N3O. The number of carbonyl (C=O) groups is 1. The Morgan fingerprint density at radius 3 is 2.30 bits per heavy atom. The van der Waals surface area contributed by atoms with Gasteiger partial charge in [0.25, 0.3) is 0 Å². The van der Waals surface area contributed by atoms with Gasteiger partial charge in [0.1, 0.15) is 0 Å². The molecule has 0 aliphatic carbocycles. The highest BCUT2D eigenvalue weighted by Crippen LogP contribution is 2.27. The maximum absolute atomic E-state index is 12.6. The number of rotatable bonds is 5. The van der Waals surface area contributed by atoms with Crippen molar-refractivity contribution in [3.63, 3.8) is 0 Å². The normalized spacial score (nSPS) is 15.2. The molecule has 1 N–H and O–H groups in total. The zero-order valence-corrected chi connectivity index (χ0v) is 17.0. The van der Waals surface area contributed by atoms with Crippen molar-refractivity contribution in [2.24, 2.45) is 0 Å². The van der Waals surface area contributed by atoms with Crippen LogP contribution in [0, 0.1) is 13.8 Å². The molecule has 0 saturated carbocycles. The number of nitrogens with one attached hydrogen (secondary N) is 1. The number of hydrogen-bond donors (Lipinski definition) is 1. The van der Waals surface area contributed by atoms with Gasteiger partial charge in [-0.05, 0) is 42.5 Å². The molecule has 1 amide bonds. The number of piperazine rings is 1. The van der Waals surface area contributed by atoms with Gasteiger partial charge in [-0.25, -0.2) is 0 Å². The molecule has 0 aromatic heterocycles. The Morgan fingerprint density at radius 2 is 1.63 bits per heavy atom. The Balaban J connectivity index is 1.57. The van der Waals surface area contributed by atoms with Gasteiger partial charge in [-0.2, -0.15) is 0 Å². The molecule has 1 heterocycles. The van der Waals surface area contributed by atoms with E-state index in [1.807, 2.05) is 0 Å². The van der Waals surface area contributed by atoms with E-state index in [4.69, 9.17) is 0 Å². The van der Waals surface area contributed by atoms with Crippen molar-refractivity contribution in [3.8, 4) is 0 Å². The largest absolute Gasteiger partial charge is 0.369 e. The monoisotopic (exact) mass is 365 g/mol. The van der Waals surface area contributed by atoms with E-state index in [2.05, 4.69) is 85.3 Å². The second-order valence-electron chi connectivity index (χ2n) is 7.79. The molecule has 0 bridgehead atoms. The van der Waals surface area contributed by atoms with Gasteiger partial charge in [0.2, 0.25) is 5.91 Å². The summed E-state index contributed by atoms with van der Waals surface area (Å²) in [5, 5.41) is 3.17. The minimum atomic E-state index is 0.0792. The number of amides is 1. The molecule has 1 aliphatic rings. The smallest absolute Gasteiger partial charge is 0.238 e. The van der Waals surface area contributed by atoms with E-state index in [9.17, 15) is 4.79 Å². The molecule has 1 fully saturated rings. The Labute approximate surface area is 163 Å². The van der Waals surface area contributed by atoms with Crippen LogP contribution in [-0.4, -0.2) is 43.5 Å². The van der Waals surface area contributed by atoms with Crippen LogP contribution in [0.5, 0.6) is 0 Å². The van der Waals surface area contributed by atoms with E-state index in [0.29, 0.717) is 12.5 Å². The average Bonchev–Trinajstić information content (AvgIpc) is 2.64. The number of nitrogens with zero attached hydrogens (tertiary/aromatic N) is 2. The Bertz CT molecular complexity index is 792. The van der Waals surface area contributed by atoms with Crippen LogP contribution < -0.4 is 10.2 Å². The Hall–Kier alpha value is -2.33. The molecule has 1 saturated heterocycles. The van der Waals surface area contributed by atoms with E-state index in [1.54, 1.807) is 0 Å². The first-order chi connectivity index (χ1) is 13.0. The summed E-state index contributed by atoms with van der Waals surface area (Å²) in [5.41, 5.74) is 5.93. The summed E-state index contributed by atoms with van der Waals surface area (Å²) in [7, 11) is 0. The van der Waals surface area contributed by atoms with Crippen LogP contribution in [0.4, 0.5) is 11.4 Å². The molecule has 1 aliphatic heterocycles. The zero-order valence-electron chi connectivity index (χ0n) is 17.0. The first-order valence-corrected chi connectivity index (χ1v) is 9.88. The lowest BCUT2D eigenvalue weighted by Gasteiger charge is -2.36. The van der Waals surface area contributed by atoms with Crippen molar-refractivity contribution in [2.75, 3.05) is 42.9 Å². The highest BCUT2D eigenvalue weighted by atomic mass is 16.2. The fraction of sp³-hybridized carbons (Fsp3) is 0.435. The maximum atomic E-state index is 12.6. The van der Waals surface area contributed by atoms with Crippen LogP contribution in [-0.2, 0) is 4.79 Å². The standard InChI is InChI=1S/C23H31N3O/c1-17(2)20-10-7-9-19(4)23(20)24-22(27)16-25-12-14-26(15-13-25)21-11-6-5-8-18(21)3/h5-11,17H,12-16H2,1-4H3,(H,24,27). The summed E-state index contributed by atoms with van der Waals surface area (Å²) in [6.45, 7) is 12.7. The molecule has 2 aromatic rings. The minimum absolute atomic E-state index is 0.0792. The van der Waals surface area contributed by atoms with Gasteiger partial charge in [0.15, 0.2) is 0 Å². The van der Waals surface area contributed by atoms with Gasteiger partial charge >= 0.3 is 0 Å². The summed E-state index contributed by atoms with van der Waals surface area (Å²) in [4.78, 5) is 17.3. The first kappa shape index (κ1) is 19.4. The number of anilines is 2. The lowest BCUT2D eigenvalue weighted by Crippen LogP contribution is -2.48. The lowest BCUT2D eigenvalue weighted by molar-refractivity contribution is -0.117. The molecule has 27 heavy (non-hydrogen) atoms. The van der Waals surface area contributed by atoms with Gasteiger partial charge in [0, 0.05) is 37.6 Å². The van der Waals surface area contributed by atoms with Crippen LogP contribution in [0.1, 0.15) is 36.5 Å². The molecule has 3 rings (SSSR count). The maximum Gasteiger partial charge on any atom is 0.238 e. The second-order valence-corrected chi connectivity index (χ2v) is 7.79. The van der Waals surface area contributed by atoms with Crippen molar-refractivity contribution in [1.29, 1.82) is 0 Å². The molecule has 0 unspecified atom stereocenters. The molecule has 0 radical (unpaired) electrons. The molecule has 0 atom stereocenters. The average molecular weight is 366 g/mol. The summed E-state index contributed by atoms with van der Waals surface area (Å²) < 4.78 is 0. The predicted octanol–water partition coefficient (Wildman–Crippen LogP) is 4.19. The van der Waals surface area contributed by atoms with E-state index >= 15 is 0 Å². The topological polar surface area (TPSA) is 35.6 Å². The summed E-state index contributed by atoms with van der Waals surface area (Å²) in [6.07, 6.45) is 0. The zero-order chi connectivity index (χ0) is 19.4. The molecule has 144 valence electrons. The highest BCUT2D eigenvalue weighted by Gasteiger charge is 2.21. The molecular weight excluding hydrogens is 334 g/mol. The van der Waals surface area contributed by atoms with Gasteiger partial charge in [-0.1, -0.05) is 50.2 Å². The van der Waals surface area contributed by atoms with Gasteiger partial charge in [-0.3, -0.25) is 9.69 Å². The van der Waals surface area contributed by atoms with Crippen LogP contribution >= 0.6 is 0 Å². The Kier molecular flexibility index (Phi) is 6.17. The van der Waals surface area contributed by atoms with Crippen LogP contribution in [0.2, 0.25) is 0 Å². The first-order valence-electron chi connectivity index (χ1n) is 9.88. The van der Waals surface area contributed by atoms with Crippen LogP contribution in [0.25, 0.3) is 0 Å². The third-order valence-corrected chi connectivity index (χ3v) is 5.39. The van der Waals surface area contributed by atoms with Gasteiger partial charge < -0.3 is 10.2 Å². The van der Waals surface area contributed by atoms with Crippen molar-refractivity contribution < 1.29 is 4.79 Å². The fourth-order valence-electron chi connectivity index (χ4n) is 3.79. The summed E-state index contributed by atoms with van der Waals surface area (Å²) in [5.74, 6) is 0.466. The van der Waals surface area contributed by atoms with Crippen molar-refractivity contribution in [3.05, 3.63) is 59.2 Å². The minimum Gasteiger partial charge on any atom is -0.369 e. The van der Waals surface area contributed by atoms with E-state index < -0.39 is 0 Å². The molecule has 4 nitrogen and oxygen atoms in total. The van der Waals surface area contributed by atoms with Crippen molar-refractivity contribution in [1.82, 2.24) is 4.90 Å². The predicted molar refractivity (Wildman–Crippen MR) is 114 cm³/mol. The number of para-hydroxylation sites is 2. The van der Waals surface area contributed by atoms with E-state index in [1.165, 1.54) is 16.8 Å². The van der Waals surface area contributed by atoms with Crippen LogP contribution in [0.15, 0.2) is 42.5 Å². The lowest BCUT2D eigenvalue weighted by atomic mass is 9.98. The summed E-state index contributed by atoms with van der Waals surface area (Å²) >= 11 is 0.